The Bertz CT molecular complexity index is 427. The average molecular weight is 206 g/mol. The molecule has 1 aromatic rings. The average Bonchev–Trinajstić information content (AvgIpc) is 2.18. The minimum Gasteiger partial charge on any atom is -0.398 e. The van der Waals surface area contributed by atoms with Gasteiger partial charge in [-0.2, -0.15) is 0 Å². The standard InChI is InChI=1S/C11H11FN2O/c1-2-3-10(13)8-4-7(6-15)9(12)5-11(8)14/h2,4-6,13H,1,3,14H2. The van der Waals surface area contributed by atoms with E-state index in [4.69, 9.17) is 11.1 Å². The Balaban J connectivity index is 3.23. The Kier molecular flexibility index (Phi) is 3.33. The summed E-state index contributed by atoms with van der Waals surface area (Å²) in [5, 5.41) is 7.62. The van der Waals surface area contributed by atoms with Crippen molar-refractivity contribution in [3.8, 4) is 0 Å². The molecule has 4 heteroatoms. The van der Waals surface area contributed by atoms with E-state index in [1.54, 1.807) is 6.08 Å². The van der Waals surface area contributed by atoms with Crippen LogP contribution < -0.4 is 5.73 Å². The molecular formula is C11H11FN2O. The van der Waals surface area contributed by atoms with Crippen LogP contribution in [0.15, 0.2) is 24.8 Å². The number of hydrogen-bond donors (Lipinski definition) is 2. The molecule has 0 heterocycles. The van der Waals surface area contributed by atoms with E-state index in [0.29, 0.717) is 18.3 Å². The molecule has 0 aliphatic carbocycles. The van der Waals surface area contributed by atoms with Crippen molar-refractivity contribution in [1.82, 2.24) is 0 Å². The molecule has 15 heavy (non-hydrogen) atoms. The van der Waals surface area contributed by atoms with E-state index in [1.165, 1.54) is 6.07 Å². The molecule has 0 amide bonds. The molecular weight excluding hydrogens is 195 g/mol. The van der Waals surface area contributed by atoms with Gasteiger partial charge in [0.15, 0.2) is 6.29 Å². The summed E-state index contributed by atoms with van der Waals surface area (Å²) in [4.78, 5) is 10.5. The maximum atomic E-state index is 13.1. The third-order valence-electron chi connectivity index (χ3n) is 1.97. The highest BCUT2D eigenvalue weighted by Gasteiger charge is 2.10. The maximum absolute atomic E-state index is 13.1. The van der Waals surface area contributed by atoms with E-state index in [2.05, 4.69) is 6.58 Å². The zero-order chi connectivity index (χ0) is 11.4. The van der Waals surface area contributed by atoms with Crippen molar-refractivity contribution in [3.05, 3.63) is 41.7 Å². The molecule has 0 unspecified atom stereocenters. The van der Waals surface area contributed by atoms with Gasteiger partial charge in [0.2, 0.25) is 0 Å². The van der Waals surface area contributed by atoms with Gasteiger partial charge in [-0.05, 0) is 12.1 Å². The topological polar surface area (TPSA) is 66.9 Å². The Labute approximate surface area is 86.9 Å². The molecule has 0 saturated carbocycles. The van der Waals surface area contributed by atoms with Crippen LogP contribution in [0.4, 0.5) is 10.1 Å². The lowest BCUT2D eigenvalue weighted by atomic mass is 10.0. The van der Waals surface area contributed by atoms with Crippen molar-refractivity contribution in [1.29, 1.82) is 5.41 Å². The number of aldehydes is 1. The summed E-state index contributed by atoms with van der Waals surface area (Å²) in [6.07, 6.45) is 2.28. The third-order valence-corrected chi connectivity index (χ3v) is 1.97. The fraction of sp³-hybridized carbons (Fsp3) is 0.0909. The van der Waals surface area contributed by atoms with E-state index in [1.807, 2.05) is 0 Å². The zero-order valence-electron chi connectivity index (χ0n) is 8.09. The summed E-state index contributed by atoms with van der Waals surface area (Å²) in [5.41, 5.74) is 6.20. The molecule has 1 aromatic carbocycles. The van der Waals surface area contributed by atoms with Gasteiger partial charge in [-0.3, -0.25) is 4.79 Å². The fourth-order valence-corrected chi connectivity index (χ4v) is 1.21. The number of rotatable bonds is 4. The maximum Gasteiger partial charge on any atom is 0.153 e. The van der Waals surface area contributed by atoms with Gasteiger partial charge in [-0.15, -0.1) is 6.58 Å². The van der Waals surface area contributed by atoms with Crippen molar-refractivity contribution in [2.24, 2.45) is 0 Å². The van der Waals surface area contributed by atoms with Crippen LogP contribution in [0.3, 0.4) is 0 Å². The first-order valence-corrected chi connectivity index (χ1v) is 4.33. The first-order valence-electron chi connectivity index (χ1n) is 4.33. The van der Waals surface area contributed by atoms with Crippen LogP contribution in [0.5, 0.6) is 0 Å². The number of nitrogen functional groups attached to an aromatic ring is 1. The van der Waals surface area contributed by atoms with Gasteiger partial charge in [0.25, 0.3) is 0 Å². The number of benzene rings is 1. The van der Waals surface area contributed by atoms with Crippen molar-refractivity contribution in [2.75, 3.05) is 5.73 Å². The number of carbonyl (C=O) groups excluding carboxylic acids is 1. The van der Waals surface area contributed by atoms with Crippen LogP contribution in [0.1, 0.15) is 22.3 Å². The first-order chi connectivity index (χ1) is 7.10. The molecule has 0 saturated heterocycles. The van der Waals surface area contributed by atoms with Crippen LogP contribution >= 0.6 is 0 Å². The highest BCUT2D eigenvalue weighted by atomic mass is 19.1. The normalized spacial score (nSPS) is 9.67. The summed E-state index contributed by atoms with van der Waals surface area (Å²) >= 11 is 0. The highest BCUT2D eigenvalue weighted by molar-refractivity contribution is 6.04. The molecule has 3 nitrogen and oxygen atoms in total. The van der Waals surface area contributed by atoms with Crippen LogP contribution in [0, 0.1) is 11.2 Å². The molecule has 3 N–H and O–H groups in total. The summed E-state index contributed by atoms with van der Waals surface area (Å²) in [6.45, 7) is 3.49. The molecule has 0 radical (unpaired) electrons. The van der Waals surface area contributed by atoms with E-state index >= 15 is 0 Å². The van der Waals surface area contributed by atoms with Crippen molar-refractivity contribution >= 4 is 17.7 Å². The van der Waals surface area contributed by atoms with Crippen molar-refractivity contribution in [2.45, 2.75) is 6.42 Å². The second-order valence-corrected chi connectivity index (χ2v) is 3.05. The van der Waals surface area contributed by atoms with E-state index in [9.17, 15) is 9.18 Å². The lowest BCUT2D eigenvalue weighted by molar-refractivity contribution is 0.112. The minimum absolute atomic E-state index is 0.0898. The number of hydrogen-bond acceptors (Lipinski definition) is 3. The van der Waals surface area contributed by atoms with Crippen LogP contribution in [0.25, 0.3) is 0 Å². The monoisotopic (exact) mass is 206 g/mol. The Morgan fingerprint density at radius 3 is 2.80 bits per heavy atom. The number of anilines is 1. The Morgan fingerprint density at radius 1 is 1.60 bits per heavy atom. The minimum atomic E-state index is -0.669. The summed E-state index contributed by atoms with van der Waals surface area (Å²) in [7, 11) is 0. The molecule has 0 bridgehead atoms. The predicted molar refractivity (Wildman–Crippen MR) is 57.8 cm³/mol. The summed E-state index contributed by atoms with van der Waals surface area (Å²) < 4.78 is 13.1. The molecule has 0 fully saturated rings. The summed E-state index contributed by atoms with van der Waals surface area (Å²) in [6, 6.07) is 2.33. The number of nitrogens with two attached hydrogens (primary N) is 1. The lowest BCUT2D eigenvalue weighted by Gasteiger charge is -2.07. The number of allylic oxidation sites excluding steroid dienone is 1. The largest absolute Gasteiger partial charge is 0.398 e. The predicted octanol–water partition coefficient (Wildman–Crippen LogP) is 2.16. The smallest absolute Gasteiger partial charge is 0.153 e. The Hall–Kier alpha value is -1.97. The van der Waals surface area contributed by atoms with Crippen LogP contribution in [0.2, 0.25) is 0 Å². The van der Waals surface area contributed by atoms with Gasteiger partial charge in [-0.25, -0.2) is 4.39 Å². The van der Waals surface area contributed by atoms with Gasteiger partial charge in [-0.1, -0.05) is 6.08 Å². The van der Waals surface area contributed by atoms with Crippen LogP contribution in [-0.4, -0.2) is 12.0 Å². The van der Waals surface area contributed by atoms with E-state index in [-0.39, 0.29) is 17.0 Å². The van der Waals surface area contributed by atoms with Crippen LogP contribution in [-0.2, 0) is 0 Å². The third kappa shape index (κ3) is 2.28. The Morgan fingerprint density at radius 2 is 2.27 bits per heavy atom. The van der Waals surface area contributed by atoms with Gasteiger partial charge >= 0.3 is 0 Å². The van der Waals surface area contributed by atoms with Gasteiger partial charge in [0, 0.05) is 23.4 Å². The second kappa shape index (κ2) is 4.50. The van der Waals surface area contributed by atoms with E-state index in [0.717, 1.165) is 6.07 Å². The zero-order valence-corrected chi connectivity index (χ0v) is 8.09. The number of halogens is 1. The molecule has 0 aliphatic heterocycles. The van der Waals surface area contributed by atoms with Gasteiger partial charge < -0.3 is 11.1 Å². The first kappa shape index (κ1) is 11.1. The highest BCUT2D eigenvalue weighted by Crippen LogP contribution is 2.18. The number of carbonyl (C=O) groups is 1. The molecule has 0 atom stereocenters. The molecule has 0 spiro atoms. The molecule has 1 rings (SSSR count). The van der Waals surface area contributed by atoms with Gasteiger partial charge in [0.05, 0.1) is 5.56 Å². The fourth-order valence-electron chi connectivity index (χ4n) is 1.21. The molecule has 0 aliphatic rings. The molecule has 0 aromatic heterocycles. The summed E-state index contributed by atoms with van der Waals surface area (Å²) in [5.74, 6) is -0.669. The SMILES string of the molecule is C=CCC(=N)c1cc(C=O)c(F)cc1N. The van der Waals surface area contributed by atoms with E-state index < -0.39 is 5.82 Å². The van der Waals surface area contributed by atoms with Crippen molar-refractivity contribution < 1.29 is 9.18 Å². The molecule has 78 valence electrons. The van der Waals surface area contributed by atoms with Gasteiger partial charge in [0.1, 0.15) is 5.82 Å². The van der Waals surface area contributed by atoms with Crippen molar-refractivity contribution in [3.63, 3.8) is 0 Å². The lowest BCUT2D eigenvalue weighted by Crippen LogP contribution is -2.05. The quantitative estimate of drug-likeness (QED) is 0.343. The second-order valence-electron chi connectivity index (χ2n) is 3.05. The number of nitrogens with one attached hydrogen (secondary N) is 1.